The van der Waals surface area contributed by atoms with Crippen molar-refractivity contribution in [1.82, 2.24) is 10.2 Å². The molecule has 3 aromatic rings. The molecule has 0 bridgehead atoms. The maximum Gasteiger partial charge on any atom is 0.263 e. The molecule has 0 aliphatic carbocycles. The molecule has 2 heterocycles. The van der Waals surface area contributed by atoms with Gasteiger partial charge in [0.15, 0.2) is 0 Å². The summed E-state index contributed by atoms with van der Waals surface area (Å²) in [6.45, 7) is 3.72. The number of hydrogen-bond acceptors (Lipinski definition) is 5. The molecule has 8 heteroatoms. The molecular weight excluding hydrogens is 362 g/mol. The van der Waals surface area contributed by atoms with Gasteiger partial charge in [-0.15, -0.1) is 23.1 Å². The summed E-state index contributed by atoms with van der Waals surface area (Å²) >= 11 is 2.99. The van der Waals surface area contributed by atoms with E-state index in [2.05, 4.69) is 14.9 Å². The molecule has 126 valence electrons. The molecule has 0 aliphatic rings. The minimum atomic E-state index is -3.64. The Morgan fingerprint density at radius 2 is 2.00 bits per heavy atom. The lowest BCUT2D eigenvalue weighted by Crippen LogP contribution is -2.13. The molecule has 2 N–H and O–H groups in total. The Kier molecular flexibility index (Phi) is 4.71. The lowest BCUT2D eigenvalue weighted by molar-refractivity contribution is 0.601. The number of thiophene rings is 1. The van der Waals surface area contributed by atoms with Crippen molar-refractivity contribution in [3.05, 3.63) is 47.0 Å². The Labute approximate surface area is 149 Å². The first-order valence-corrected chi connectivity index (χ1v) is 10.7. The van der Waals surface area contributed by atoms with Crippen molar-refractivity contribution in [3.8, 4) is 10.6 Å². The molecular formula is C16H17N3O2S3. The maximum absolute atomic E-state index is 12.7. The first-order chi connectivity index (χ1) is 11.4. The number of hydrogen-bond donors (Lipinski definition) is 2. The van der Waals surface area contributed by atoms with Gasteiger partial charge < -0.3 is 0 Å². The van der Waals surface area contributed by atoms with Gasteiger partial charge in [0.2, 0.25) is 0 Å². The number of anilines is 1. The van der Waals surface area contributed by atoms with Crippen molar-refractivity contribution < 1.29 is 8.42 Å². The molecule has 2 aromatic heterocycles. The quantitative estimate of drug-likeness (QED) is 0.649. The van der Waals surface area contributed by atoms with E-state index in [4.69, 9.17) is 0 Å². The first kappa shape index (κ1) is 17.1. The summed E-state index contributed by atoms with van der Waals surface area (Å²) < 4.78 is 28.1. The van der Waals surface area contributed by atoms with Gasteiger partial charge in [-0.05, 0) is 50.4 Å². The number of H-pyrrole nitrogens is 1. The SMILES string of the molecule is CSc1cccc(NS(=O)(=O)c2cc(-c3cc(C)[nH]n3)sc2C)c1. The van der Waals surface area contributed by atoms with Crippen LogP contribution in [0.1, 0.15) is 10.6 Å². The molecule has 3 rings (SSSR count). The van der Waals surface area contributed by atoms with Gasteiger partial charge in [0.05, 0.1) is 4.88 Å². The predicted molar refractivity (Wildman–Crippen MR) is 100 cm³/mol. The number of aromatic amines is 1. The van der Waals surface area contributed by atoms with Crippen LogP contribution in [0.5, 0.6) is 0 Å². The number of nitrogens with zero attached hydrogens (tertiary/aromatic N) is 1. The van der Waals surface area contributed by atoms with E-state index in [1.165, 1.54) is 11.3 Å². The van der Waals surface area contributed by atoms with Crippen LogP contribution < -0.4 is 4.72 Å². The van der Waals surface area contributed by atoms with Crippen molar-refractivity contribution in [2.24, 2.45) is 0 Å². The van der Waals surface area contributed by atoms with Crippen molar-refractivity contribution in [1.29, 1.82) is 0 Å². The second kappa shape index (κ2) is 6.62. The summed E-state index contributed by atoms with van der Waals surface area (Å²) in [6, 6.07) is 10.9. The van der Waals surface area contributed by atoms with Crippen molar-refractivity contribution in [3.63, 3.8) is 0 Å². The van der Waals surface area contributed by atoms with Gasteiger partial charge in [0.1, 0.15) is 10.6 Å². The van der Waals surface area contributed by atoms with Crippen LogP contribution in [-0.2, 0) is 10.0 Å². The minimum Gasteiger partial charge on any atom is -0.282 e. The van der Waals surface area contributed by atoms with Gasteiger partial charge in [-0.2, -0.15) is 5.10 Å². The number of sulfonamides is 1. The first-order valence-electron chi connectivity index (χ1n) is 7.19. The number of aryl methyl sites for hydroxylation is 2. The van der Waals surface area contributed by atoms with E-state index in [9.17, 15) is 8.42 Å². The highest BCUT2D eigenvalue weighted by Crippen LogP contribution is 2.33. The molecule has 0 fully saturated rings. The van der Waals surface area contributed by atoms with Crippen LogP contribution in [0.2, 0.25) is 0 Å². The van der Waals surface area contributed by atoms with E-state index in [-0.39, 0.29) is 4.90 Å². The Bertz CT molecular complexity index is 974. The summed E-state index contributed by atoms with van der Waals surface area (Å²) in [4.78, 5) is 2.86. The maximum atomic E-state index is 12.7. The van der Waals surface area contributed by atoms with Gasteiger partial charge in [-0.1, -0.05) is 6.07 Å². The van der Waals surface area contributed by atoms with Gasteiger partial charge in [-0.25, -0.2) is 8.42 Å². The van der Waals surface area contributed by atoms with Crippen LogP contribution >= 0.6 is 23.1 Å². The average Bonchev–Trinajstić information content (AvgIpc) is 3.13. The van der Waals surface area contributed by atoms with Crippen molar-refractivity contribution in [2.75, 3.05) is 11.0 Å². The Hall–Kier alpha value is -1.77. The fraction of sp³-hybridized carbons (Fsp3) is 0.188. The number of nitrogens with one attached hydrogen (secondary N) is 2. The summed E-state index contributed by atoms with van der Waals surface area (Å²) in [5.41, 5.74) is 2.25. The minimum absolute atomic E-state index is 0.290. The van der Waals surface area contributed by atoms with Crippen LogP contribution in [-0.4, -0.2) is 24.9 Å². The van der Waals surface area contributed by atoms with Gasteiger partial charge in [-0.3, -0.25) is 9.82 Å². The zero-order chi connectivity index (χ0) is 17.3. The molecule has 0 aliphatic heterocycles. The lowest BCUT2D eigenvalue weighted by atomic mass is 10.3. The highest BCUT2D eigenvalue weighted by Gasteiger charge is 2.21. The summed E-state index contributed by atoms with van der Waals surface area (Å²) in [7, 11) is -3.64. The zero-order valence-electron chi connectivity index (χ0n) is 13.5. The van der Waals surface area contributed by atoms with E-state index < -0.39 is 10.0 Å². The van der Waals surface area contributed by atoms with Crippen LogP contribution in [0.4, 0.5) is 5.69 Å². The smallest absolute Gasteiger partial charge is 0.263 e. The number of aromatic nitrogens is 2. The van der Waals surface area contributed by atoms with Crippen LogP contribution in [0.3, 0.4) is 0 Å². The molecule has 0 atom stereocenters. The second-order valence-corrected chi connectivity index (χ2v) is 9.09. The van der Waals surface area contributed by atoms with Crippen LogP contribution in [0.25, 0.3) is 10.6 Å². The Morgan fingerprint density at radius 3 is 2.67 bits per heavy atom. The fourth-order valence-corrected chi connectivity index (χ4v) is 5.36. The van der Waals surface area contributed by atoms with E-state index in [0.717, 1.165) is 26.0 Å². The topological polar surface area (TPSA) is 74.8 Å². The van der Waals surface area contributed by atoms with Gasteiger partial charge >= 0.3 is 0 Å². The molecule has 24 heavy (non-hydrogen) atoms. The number of benzene rings is 1. The third-order valence-electron chi connectivity index (χ3n) is 3.44. The van der Waals surface area contributed by atoms with E-state index in [0.29, 0.717) is 5.69 Å². The Balaban J connectivity index is 1.93. The standard InChI is InChI=1S/C16H17N3O2S3/c1-10-7-14(18-17-10)15-9-16(11(2)23-15)24(20,21)19-12-5-4-6-13(8-12)22-3/h4-9,19H,1-3H3,(H,17,18). The second-order valence-electron chi connectivity index (χ2n) is 5.30. The highest BCUT2D eigenvalue weighted by molar-refractivity contribution is 7.98. The third-order valence-corrected chi connectivity index (χ3v) is 6.88. The van der Waals surface area contributed by atoms with E-state index in [1.807, 2.05) is 37.4 Å². The molecule has 0 radical (unpaired) electrons. The monoisotopic (exact) mass is 379 g/mol. The number of thioether (sulfide) groups is 1. The van der Waals surface area contributed by atoms with Gasteiger partial charge in [0, 0.05) is 21.2 Å². The summed E-state index contributed by atoms with van der Waals surface area (Å²) in [5, 5.41) is 7.07. The molecule has 0 unspecified atom stereocenters. The summed E-state index contributed by atoms with van der Waals surface area (Å²) in [6.07, 6.45) is 1.95. The Morgan fingerprint density at radius 1 is 1.21 bits per heavy atom. The molecule has 1 aromatic carbocycles. The van der Waals surface area contributed by atoms with Crippen molar-refractivity contribution >= 4 is 38.8 Å². The zero-order valence-corrected chi connectivity index (χ0v) is 15.9. The molecule has 0 saturated carbocycles. The molecule has 0 saturated heterocycles. The normalized spacial score (nSPS) is 11.6. The van der Waals surface area contributed by atoms with Crippen LogP contribution in [0, 0.1) is 13.8 Å². The van der Waals surface area contributed by atoms with E-state index >= 15 is 0 Å². The van der Waals surface area contributed by atoms with Crippen molar-refractivity contribution in [2.45, 2.75) is 23.6 Å². The largest absolute Gasteiger partial charge is 0.282 e. The molecule has 0 spiro atoms. The molecule has 0 amide bonds. The lowest BCUT2D eigenvalue weighted by Gasteiger charge is -2.08. The number of rotatable bonds is 5. The third kappa shape index (κ3) is 3.50. The van der Waals surface area contributed by atoms with Gasteiger partial charge in [0.25, 0.3) is 10.0 Å². The van der Waals surface area contributed by atoms with Crippen LogP contribution in [0.15, 0.2) is 46.2 Å². The molecule has 5 nitrogen and oxygen atoms in total. The fourth-order valence-electron chi connectivity index (χ4n) is 2.30. The highest BCUT2D eigenvalue weighted by atomic mass is 32.2. The van der Waals surface area contributed by atoms with E-state index in [1.54, 1.807) is 30.8 Å². The summed E-state index contributed by atoms with van der Waals surface area (Å²) in [5.74, 6) is 0. The average molecular weight is 380 g/mol. The predicted octanol–water partition coefficient (Wildman–Crippen LogP) is 4.28.